The summed E-state index contributed by atoms with van der Waals surface area (Å²) in [6, 6.07) is 9.05. The Labute approximate surface area is 221 Å². The summed E-state index contributed by atoms with van der Waals surface area (Å²) in [6.45, 7) is 5.81. The molecule has 3 aromatic rings. The fourth-order valence-corrected chi connectivity index (χ4v) is 4.69. The largest absolute Gasteiger partial charge is 0.495 e. The molecule has 1 saturated heterocycles. The number of nitriles is 1. The van der Waals surface area contributed by atoms with Crippen LogP contribution < -0.4 is 19.5 Å². The van der Waals surface area contributed by atoms with Crippen molar-refractivity contribution in [2.45, 2.75) is 6.42 Å². The van der Waals surface area contributed by atoms with Gasteiger partial charge in [-0.3, -0.25) is 4.98 Å². The van der Waals surface area contributed by atoms with Gasteiger partial charge < -0.3 is 29.3 Å². The first-order chi connectivity index (χ1) is 17.4. The van der Waals surface area contributed by atoms with Crippen molar-refractivity contribution in [1.82, 2.24) is 14.8 Å². The molecule has 0 saturated carbocycles. The molecule has 0 aliphatic carbocycles. The molecule has 36 heavy (non-hydrogen) atoms. The van der Waals surface area contributed by atoms with Crippen molar-refractivity contribution in [3.63, 3.8) is 0 Å². The molecule has 0 amide bonds. The molecular weight excluding hydrogens is 501 g/mol. The summed E-state index contributed by atoms with van der Waals surface area (Å²) in [5.41, 5.74) is 2.23. The van der Waals surface area contributed by atoms with Crippen LogP contribution in [0.25, 0.3) is 10.9 Å². The minimum absolute atomic E-state index is 0.399. The molecule has 1 aliphatic heterocycles. The van der Waals surface area contributed by atoms with E-state index < -0.39 is 0 Å². The van der Waals surface area contributed by atoms with Gasteiger partial charge in [-0.05, 0) is 25.6 Å². The first kappa shape index (κ1) is 26.1. The fourth-order valence-electron chi connectivity index (χ4n) is 4.18. The van der Waals surface area contributed by atoms with Crippen molar-refractivity contribution < 1.29 is 14.2 Å². The molecule has 0 atom stereocenters. The molecule has 2 aromatic carbocycles. The Kier molecular flexibility index (Phi) is 8.60. The topological polar surface area (TPSA) is 82.9 Å². The van der Waals surface area contributed by atoms with Gasteiger partial charge in [0, 0.05) is 56.4 Å². The van der Waals surface area contributed by atoms with Crippen LogP contribution in [-0.2, 0) is 0 Å². The molecule has 10 heteroatoms. The summed E-state index contributed by atoms with van der Waals surface area (Å²) in [5, 5.41) is 14.3. The van der Waals surface area contributed by atoms with Gasteiger partial charge >= 0.3 is 0 Å². The number of pyridine rings is 1. The number of nitrogens with zero attached hydrogens (tertiary/aromatic N) is 4. The Morgan fingerprint density at radius 3 is 2.50 bits per heavy atom. The second-order valence-electron chi connectivity index (χ2n) is 8.62. The first-order valence-corrected chi connectivity index (χ1v) is 12.4. The molecule has 2 heterocycles. The van der Waals surface area contributed by atoms with Crippen LogP contribution in [0, 0.1) is 11.3 Å². The van der Waals surface area contributed by atoms with Gasteiger partial charge in [-0.25, -0.2) is 0 Å². The van der Waals surface area contributed by atoms with Crippen molar-refractivity contribution in [3.05, 3.63) is 46.1 Å². The summed E-state index contributed by atoms with van der Waals surface area (Å²) >= 11 is 12.7. The van der Waals surface area contributed by atoms with Crippen LogP contribution in [0.3, 0.4) is 0 Å². The van der Waals surface area contributed by atoms with Gasteiger partial charge in [0.1, 0.15) is 11.8 Å². The average Bonchev–Trinajstić information content (AvgIpc) is 2.88. The highest BCUT2D eigenvalue weighted by Gasteiger charge is 2.20. The van der Waals surface area contributed by atoms with Crippen LogP contribution in [0.4, 0.5) is 11.4 Å². The van der Waals surface area contributed by atoms with E-state index in [0.717, 1.165) is 39.1 Å². The van der Waals surface area contributed by atoms with E-state index >= 15 is 0 Å². The third-order valence-electron chi connectivity index (χ3n) is 6.21. The van der Waals surface area contributed by atoms with Crippen LogP contribution in [-0.4, -0.2) is 75.4 Å². The summed E-state index contributed by atoms with van der Waals surface area (Å²) in [5.74, 6) is 1.52. The smallest absolute Gasteiger partial charge is 0.185 e. The molecule has 4 rings (SSSR count). The molecule has 1 aromatic heterocycles. The lowest BCUT2D eigenvalue weighted by Gasteiger charge is -2.32. The predicted octanol–water partition coefficient (Wildman–Crippen LogP) is 5.19. The average molecular weight is 530 g/mol. The van der Waals surface area contributed by atoms with Crippen LogP contribution in [0.5, 0.6) is 17.2 Å². The SMILES string of the molecule is COc1cc(Nc2c(OC)c(OCCCN3CCN(C)CC3)cc3ncc(C#N)cc23)c(Cl)cc1Cl. The number of benzene rings is 2. The molecule has 1 N–H and O–H groups in total. The van der Waals surface area contributed by atoms with Crippen molar-refractivity contribution >= 4 is 45.5 Å². The third-order valence-corrected chi connectivity index (χ3v) is 6.82. The zero-order valence-corrected chi connectivity index (χ0v) is 22.1. The van der Waals surface area contributed by atoms with E-state index in [1.807, 2.05) is 6.07 Å². The highest BCUT2D eigenvalue weighted by molar-refractivity contribution is 6.37. The molecule has 1 aliphatic rings. The monoisotopic (exact) mass is 529 g/mol. The lowest BCUT2D eigenvalue weighted by atomic mass is 10.1. The van der Waals surface area contributed by atoms with E-state index in [2.05, 4.69) is 33.2 Å². The van der Waals surface area contributed by atoms with Crippen LogP contribution in [0.15, 0.2) is 30.5 Å². The Balaban J connectivity index is 1.64. The van der Waals surface area contributed by atoms with E-state index in [0.29, 0.717) is 61.7 Å². The molecule has 0 spiro atoms. The summed E-state index contributed by atoms with van der Waals surface area (Å²) < 4.78 is 17.3. The van der Waals surface area contributed by atoms with E-state index in [4.69, 9.17) is 37.4 Å². The summed E-state index contributed by atoms with van der Waals surface area (Å²) in [6.07, 6.45) is 2.42. The molecule has 190 valence electrons. The molecule has 0 radical (unpaired) electrons. The summed E-state index contributed by atoms with van der Waals surface area (Å²) in [7, 11) is 5.27. The van der Waals surface area contributed by atoms with Crippen LogP contribution >= 0.6 is 23.2 Å². The molecular formula is C26H29Cl2N5O3. The Bertz CT molecular complexity index is 1270. The van der Waals surface area contributed by atoms with E-state index in [-0.39, 0.29) is 0 Å². The Hall–Kier alpha value is -2.96. The maximum atomic E-state index is 9.44. The molecule has 1 fully saturated rings. The van der Waals surface area contributed by atoms with Gasteiger partial charge in [-0.2, -0.15) is 5.26 Å². The second-order valence-corrected chi connectivity index (χ2v) is 9.44. The minimum atomic E-state index is 0.399. The highest BCUT2D eigenvalue weighted by Crippen LogP contribution is 2.45. The lowest BCUT2D eigenvalue weighted by molar-refractivity contribution is 0.145. The third kappa shape index (κ3) is 5.88. The number of hydrogen-bond acceptors (Lipinski definition) is 8. The van der Waals surface area contributed by atoms with Gasteiger partial charge in [0.25, 0.3) is 0 Å². The van der Waals surface area contributed by atoms with E-state index in [1.54, 1.807) is 25.3 Å². The zero-order valence-electron chi connectivity index (χ0n) is 20.6. The Morgan fingerprint density at radius 2 is 1.81 bits per heavy atom. The molecule has 0 unspecified atom stereocenters. The quantitative estimate of drug-likeness (QED) is 0.379. The number of nitrogens with one attached hydrogen (secondary N) is 1. The number of ether oxygens (including phenoxy) is 3. The number of piperazine rings is 1. The maximum Gasteiger partial charge on any atom is 0.185 e. The normalized spacial score (nSPS) is 14.4. The second kappa shape index (κ2) is 11.8. The number of anilines is 2. The standard InChI is InChI=1S/C26H29Cl2N5O3/c1-32-6-8-33(9-7-32)5-4-10-36-24-13-21-18(11-17(15-29)16-30-21)25(26(24)35-3)31-22-14-23(34-2)20(28)12-19(22)27/h11-14,16,31H,4-10H2,1-3H3. The number of methoxy groups -OCH3 is 2. The van der Waals surface area contributed by atoms with E-state index in [9.17, 15) is 5.26 Å². The predicted molar refractivity (Wildman–Crippen MR) is 143 cm³/mol. The van der Waals surface area contributed by atoms with Crippen LogP contribution in [0.2, 0.25) is 10.0 Å². The van der Waals surface area contributed by atoms with Crippen molar-refractivity contribution in [1.29, 1.82) is 5.26 Å². The fraction of sp³-hybridized carbons (Fsp3) is 0.385. The van der Waals surface area contributed by atoms with Crippen molar-refractivity contribution in [2.75, 3.05) is 65.9 Å². The van der Waals surface area contributed by atoms with Gasteiger partial charge in [0.2, 0.25) is 0 Å². The number of likely N-dealkylation sites (N-methyl/N-ethyl adjacent to an activating group) is 1. The Morgan fingerprint density at radius 1 is 1.03 bits per heavy atom. The number of halogens is 2. The van der Waals surface area contributed by atoms with Gasteiger partial charge in [0.05, 0.1) is 53.3 Å². The van der Waals surface area contributed by atoms with Crippen molar-refractivity contribution in [3.8, 4) is 23.3 Å². The minimum Gasteiger partial charge on any atom is -0.495 e. The zero-order chi connectivity index (χ0) is 25.7. The van der Waals surface area contributed by atoms with Gasteiger partial charge in [0.15, 0.2) is 11.5 Å². The highest BCUT2D eigenvalue weighted by atomic mass is 35.5. The molecule has 0 bridgehead atoms. The van der Waals surface area contributed by atoms with E-state index in [1.165, 1.54) is 13.3 Å². The maximum absolute atomic E-state index is 9.44. The van der Waals surface area contributed by atoms with Gasteiger partial charge in [-0.15, -0.1) is 0 Å². The first-order valence-electron chi connectivity index (χ1n) is 11.7. The van der Waals surface area contributed by atoms with Crippen molar-refractivity contribution in [2.24, 2.45) is 0 Å². The summed E-state index contributed by atoms with van der Waals surface area (Å²) in [4.78, 5) is 9.27. The lowest BCUT2D eigenvalue weighted by Crippen LogP contribution is -2.44. The number of rotatable bonds is 9. The number of hydrogen-bond donors (Lipinski definition) is 1. The number of aromatic nitrogens is 1. The van der Waals surface area contributed by atoms with Gasteiger partial charge in [-0.1, -0.05) is 23.2 Å². The molecule has 8 nitrogen and oxygen atoms in total. The number of fused-ring (bicyclic) bond motifs is 1. The van der Waals surface area contributed by atoms with Crippen LogP contribution in [0.1, 0.15) is 12.0 Å².